The fourth-order valence-corrected chi connectivity index (χ4v) is 3.82. The minimum absolute atomic E-state index is 0.0839. The Bertz CT molecular complexity index is 666. The molecule has 0 spiro atoms. The second-order valence-electron chi connectivity index (χ2n) is 7.15. The highest BCUT2D eigenvalue weighted by atomic mass is 35.5. The molecule has 0 bridgehead atoms. The molecule has 1 fully saturated rings. The van der Waals surface area contributed by atoms with Gasteiger partial charge in [0.05, 0.1) is 10.0 Å². The number of carbonyl (C=O) groups is 2. The van der Waals surface area contributed by atoms with Crippen molar-refractivity contribution >= 4 is 48.7 Å². The summed E-state index contributed by atoms with van der Waals surface area (Å²) in [7, 11) is 1.85. The Morgan fingerprint density at radius 3 is 2.50 bits per heavy atom. The van der Waals surface area contributed by atoms with Crippen LogP contribution >= 0.6 is 23.2 Å². The largest absolute Gasteiger partial charge is 0.481 e. The van der Waals surface area contributed by atoms with Crippen LogP contribution in [0, 0.1) is 5.92 Å². The number of carbonyl (C=O) groups excluding carboxylic acids is 1. The lowest BCUT2D eigenvalue weighted by Gasteiger charge is -2.40. The monoisotopic (exact) mass is 398 g/mol. The van der Waals surface area contributed by atoms with Crippen LogP contribution in [-0.4, -0.2) is 42.9 Å². The first kappa shape index (κ1) is 20.9. The van der Waals surface area contributed by atoms with E-state index in [1.165, 1.54) is 0 Å². The van der Waals surface area contributed by atoms with Gasteiger partial charge in [-0.05, 0) is 43.4 Å². The predicted octanol–water partition coefficient (Wildman–Crippen LogP) is 4.30. The minimum atomic E-state index is -0.732. The molecule has 26 heavy (non-hydrogen) atoms. The molecule has 2 rings (SSSR count). The topological polar surface area (TPSA) is 69.6 Å². The van der Waals surface area contributed by atoms with Gasteiger partial charge in [0, 0.05) is 24.1 Å². The molecule has 5 nitrogen and oxygen atoms in total. The van der Waals surface area contributed by atoms with Crippen LogP contribution in [0.15, 0.2) is 18.2 Å². The van der Waals surface area contributed by atoms with Crippen LogP contribution in [-0.2, 0) is 4.79 Å². The molecule has 8 heteroatoms. The number of carboxylic acid groups (broad SMARTS) is 1. The third-order valence-corrected chi connectivity index (χ3v) is 6.13. The number of hydrogen-bond donors (Lipinski definition) is 2. The molecule has 0 aliphatic carbocycles. The lowest BCUT2D eigenvalue weighted by Crippen LogP contribution is -2.45. The number of nitrogens with zero attached hydrogens (tertiary/aromatic N) is 1. The summed E-state index contributed by atoms with van der Waals surface area (Å²) in [5.74, 6) is -0.648. The Morgan fingerprint density at radius 1 is 1.31 bits per heavy atom. The van der Waals surface area contributed by atoms with E-state index in [9.17, 15) is 14.7 Å². The average molecular weight is 399 g/mol. The molecule has 0 aromatic heterocycles. The van der Waals surface area contributed by atoms with Crippen molar-refractivity contribution in [2.75, 3.05) is 18.4 Å². The fourth-order valence-electron chi connectivity index (χ4n) is 3.53. The maximum atomic E-state index is 12.4. The van der Waals surface area contributed by atoms with Gasteiger partial charge in [0.2, 0.25) is 0 Å². The second kappa shape index (κ2) is 9.00. The molecule has 142 valence electrons. The van der Waals surface area contributed by atoms with Crippen molar-refractivity contribution in [3.8, 4) is 0 Å². The highest BCUT2D eigenvalue weighted by molar-refractivity contribution is 6.42. The zero-order chi connectivity index (χ0) is 19.3. The number of hydrogen-bond acceptors (Lipinski definition) is 2. The van der Waals surface area contributed by atoms with Gasteiger partial charge in [-0.1, -0.05) is 43.0 Å². The van der Waals surface area contributed by atoms with Crippen molar-refractivity contribution in [1.29, 1.82) is 0 Å². The molecule has 1 aliphatic heterocycles. The molecule has 1 aromatic rings. The first-order valence-corrected chi connectivity index (χ1v) is 9.78. The number of anilines is 1. The summed E-state index contributed by atoms with van der Waals surface area (Å²) in [6, 6.07) is 4.75. The van der Waals surface area contributed by atoms with E-state index in [2.05, 4.69) is 12.2 Å². The van der Waals surface area contributed by atoms with Crippen LogP contribution < -0.4 is 5.32 Å². The van der Waals surface area contributed by atoms with Gasteiger partial charge in [0.1, 0.15) is 7.85 Å². The number of urea groups is 1. The van der Waals surface area contributed by atoms with E-state index in [1.807, 2.05) is 7.85 Å². The summed E-state index contributed by atoms with van der Waals surface area (Å²) in [5, 5.41) is 12.6. The maximum absolute atomic E-state index is 12.4. The third kappa shape index (κ3) is 4.86. The van der Waals surface area contributed by atoms with E-state index in [0.29, 0.717) is 48.1 Å². The van der Waals surface area contributed by atoms with Gasteiger partial charge in [-0.2, -0.15) is 0 Å². The lowest BCUT2D eigenvalue weighted by molar-refractivity contribution is -0.143. The summed E-state index contributed by atoms with van der Waals surface area (Å²) in [6.45, 7) is 3.16. The standard InChI is InChI=1S/C18H25BCl2N2O3/c1-2-3-8-18(19,16(24)25)12-6-9-23(10-7-12)17(26)22-13-4-5-14(20)15(21)11-13/h4-5,11-12H,2-3,6-10,19H2,1H3,(H,22,26)(H,24,25). The Morgan fingerprint density at radius 2 is 1.96 bits per heavy atom. The van der Waals surface area contributed by atoms with Crippen molar-refractivity contribution in [2.24, 2.45) is 5.92 Å². The number of amides is 2. The van der Waals surface area contributed by atoms with E-state index in [0.717, 1.165) is 12.8 Å². The number of benzene rings is 1. The Labute approximate surface area is 165 Å². The Hall–Kier alpha value is -1.40. The highest BCUT2D eigenvalue weighted by Gasteiger charge is 2.42. The molecule has 1 saturated heterocycles. The molecule has 0 saturated carbocycles. The SMILES string of the molecule is BC(CCCC)(C(=O)O)C1CCN(C(=O)Nc2ccc(Cl)c(Cl)c2)CC1. The van der Waals surface area contributed by atoms with Gasteiger partial charge in [-0.15, -0.1) is 0 Å². The summed E-state index contributed by atoms with van der Waals surface area (Å²) in [6.07, 6.45) is 3.95. The van der Waals surface area contributed by atoms with E-state index in [1.54, 1.807) is 23.1 Å². The summed E-state index contributed by atoms with van der Waals surface area (Å²) in [5.41, 5.74) is 0.588. The molecular weight excluding hydrogens is 374 g/mol. The molecule has 0 radical (unpaired) electrons. The number of piperidine rings is 1. The molecular formula is C18H25BCl2N2O3. The zero-order valence-corrected chi connectivity index (χ0v) is 16.7. The van der Waals surface area contributed by atoms with Crippen LogP contribution in [0.1, 0.15) is 39.0 Å². The van der Waals surface area contributed by atoms with Crippen LogP contribution in [0.3, 0.4) is 0 Å². The van der Waals surface area contributed by atoms with Crippen LogP contribution in [0.5, 0.6) is 0 Å². The molecule has 1 heterocycles. The van der Waals surface area contributed by atoms with Crippen LogP contribution in [0.25, 0.3) is 0 Å². The van der Waals surface area contributed by atoms with Crippen LogP contribution in [0.2, 0.25) is 15.4 Å². The van der Waals surface area contributed by atoms with Crippen LogP contribution in [0.4, 0.5) is 10.5 Å². The van der Waals surface area contributed by atoms with Crippen molar-refractivity contribution in [1.82, 2.24) is 4.90 Å². The Balaban J connectivity index is 1.95. The Kier molecular flexibility index (Phi) is 7.24. The van der Waals surface area contributed by atoms with Gasteiger partial charge in [0.25, 0.3) is 0 Å². The van der Waals surface area contributed by atoms with Gasteiger partial charge >= 0.3 is 12.0 Å². The number of nitrogens with one attached hydrogen (secondary N) is 1. The summed E-state index contributed by atoms with van der Waals surface area (Å²) < 4.78 is 0. The number of unbranched alkanes of at least 4 members (excludes halogenated alkanes) is 1. The highest BCUT2D eigenvalue weighted by Crippen LogP contribution is 2.43. The van der Waals surface area contributed by atoms with Crippen molar-refractivity contribution in [3.63, 3.8) is 0 Å². The van der Waals surface area contributed by atoms with Gasteiger partial charge in [-0.25, -0.2) is 4.79 Å². The second-order valence-corrected chi connectivity index (χ2v) is 7.96. The van der Waals surface area contributed by atoms with Gasteiger partial charge < -0.3 is 15.3 Å². The van der Waals surface area contributed by atoms with E-state index in [4.69, 9.17) is 23.2 Å². The lowest BCUT2D eigenvalue weighted by atomic mass is 9.56. The maximum Gasteiger partial charge on any atom is 0.321 e. The number of rotatable bonds is 6. The molecule has 1 aliphatic rings. The summed E-state index contributed by atoms with van der Waals surface area (Å²) >= 11 is 11.9. The first-order chi connectivity index (χ1) is 12.3. The molecule has 1 atom stereocenters. The number of carboxylic acids is 1. The quantitative estimate of drug-likeness (QED) is 0.701. The van der Waals surface area contributed by atoms with E-state index < -0.39 is 11.3 Å². The van der Waals surface area contributed by atoms with Crippen molar-refractivity contribution < 1.29 is 14.7 Å². The smallest absolute Gasteiger partial charge is 0.321 e. The number of aliphatic carboxylic acids is 1. The molecule has 1 unspecified atom stereocenters. The first-order valence-electron chi connectivity index (χ1n) is 9.02. The zero-order valence-electron chi connectivity index (χ0n) is 15.2. The predicted molar refractivity (Wildman–Crippen MR) is 108 cm³/mol. The molecule has 1 aromatic carbocycles. The number of likely N-dealkylation sites (tertiary alicyclic amines) is 1. The van der Waals surface area contributed by atoms with E-state index >= 15 is 0 Å². The fraction of sp³-hybridized carbons (Fsp3) is 0.556. The van der Waals surface area contributed by atoms with Crippen molar-refractivity contribution in [2.45, 2.75) is 44.3 Å². The van der Waals surface area contributed by atoms with Gasteiger partial charge in [0.15, 0.2) is 0 Å². The van der Waals surface area contributed by atoms with E-state index in [-0.39, 0.29) is 11.9 Å². The minimum Gasteiger partial charge on any atom is -0.481 e. The normalized spacial score (nSPS) is 17.6. The molecule has 2 amide bonds. The number of halogens is 2. The average Bonchev–Trinajstić information content (AvgIpc) is 2.62. The summed E-state index contributed by atoms with van der Waals surface area (Å²) in [4.78, 5) is 26.0. The third-order valence-electron chi connectivity index (χ3n) is 5.39. The van der Waals surface area contributed by atoms with Crippen molar-refractivity contribution in [3.05, 3.63) is 28.2 Å². The molecule has 2 N–H and O–H groups in total. The van der Waals surface area contributed by atoms with Gasteiger partial charge in [-0.3, -0.25) is 4.79 Å².